The lowest BCUT2D eigenvalue weighted by atomic mass is 10.1. The zero-order valence-corrected chi connectivity index (χ0v) is 12.2. The van der Waals surface area contributed by atoms with E-state index in [4.69, 9.17) is 0 Å². The maximum absolute atomic E-state index is 12.5. The molecule has 20 heavy (non-hydrogen) atoms. The Morgan fingerprint density at radius 1 is 1.40 bits per heavy atom. The molecule has 0 aliphatic carbocycles. The number of hydrogen-bond acceptors (Lipinski definition) is 4. The molecule has 1 unspecified atom stereocenters. The van der Waals surface area contributed by atoms with Crippen LogP contribution in [0.15, 0.2) is 18.2 Å². The van der Waals surface area contributed by atoms with Crippen molar-refractivity contribution in [3.8, 4) is 0 Å². The second-order valence-corrected chi connectivity index (χ2v) is 7.74. The van der Waals surface area contributed by atoms with Gasteiger partial charge in [0.15, 0.2) is 9.84 Å². The number of amides is 1. The van der Waals surface area contributed by atoms with Crippen LogP contribution in [0, 0.1) is 0 Å². The summed E-state index contributed by atoms with van der Waals surface area (Å²) in [6.07, 6.45) is 0.988. The van der Waals surface area contributed by atoms with Crippen molar-refractivity contribution in [1.82, 2.24) is 4.90 Å². The van der Waals surface area contributed by atoms with Crippen LogP contribution in [-0.4, -0.2) is 49.9 Å². The van der Waals surface area contributed by atoms with Crippen molar-refractivity contribution < 1.29 is 13.2 Å². The summed E-state index contributed by atoms with van der Waals surface area (Å²) in [7, 11) is -3.00. The third-order valence-corrected chi connectivity index (χ3v) is 5.79. The van der Waals surface area contributed by atoms with Crippen LogP contribution in [0.4, 0.5) is 5.69 Å². The van der Waals surface area contributed by atoms with Crippen LogP contribution < -0.4 is 5.32 Å². The van der Waals surface area contributed by atoms with E-state index in [1.54, 1.807) is 11.8 Å². The predicted molar refractivity (Wildman–Crippen MR) is 77.8 cm³/mol. The Morgan fingerprint density at radius 3 is 2.95 bits per heavy atom. The van der Waals surface area contributed by atoms with Crippen LogP contribution in [0.1, 0.15) is 22.8 Å². The van der Waals surface area contributed by atoms with E-state index in [1.807, 2.05) is 18.2 Å². The van der Waals surface area contributed by atoms with Gasteiger partial charge in [-0.25, -0.2) is 8.42 Å². The molecule has 0 radical (unpaired) electrons. The maximum atomic E-state index is 12.5. The molecule has 6 heteroatoms. The van der Waals surface area contributed by atoms with E-state index >= 15 is 0 Å². The lowest BCUT2D eigenvalue weighted by molar-refractivity contribution is 0.0712. The molecule has 1 aromatic carbocycles. The normalized spacial score (nSPS) is 24.1. The topological polar surface area (TPSA) is 66.5 Å². The van der Waals surface area contributed by atoms with Crippen LogP contribution in [0.2, 0.25) is 0 Å². The third kappa shape index (κ3) is 2.40. The molecule has 0 aromatic heterocycles. The Kier molecular flexibility index (Phi) is 3.20. The van der Waals surface area contributed by atoms with Crippen molar-refractivity contribution in [2.24, 2.45) is 0 Å². The van der Waals surface area contributed by atoms with Crippen molar-refractivity contribution in [2.45, 2.75) is 19.4 Å². The fourth-order valence-corrected chi connectivity index (χ4v) is 4.45. The SMILES string of the molecule is CC1CS(=O)(=O)CCN1C(=O)c1ccc2c(c1)NCC2. The minimum absolute atomic E-state index is 0.0575. The minimum Gasteiger partial charge on any atom is -0.384 e. The third-order valence-electron chi connectivity index (χ3n) is 4.00. The van der Waals surface area contributed by atoms with Gasteiger partial charge in [-0.05, 0) is 31.0 Å². The lowest BCUT2D eigenvalue weighted by Gasteiger charge is -2.33. The van der Waals surface area contributed by atoms with Crippen molar-refractivity contribution in [1.29, 1.82) is 0 Å². The van der Waals surface area contributed by atoms with Gasteiger partial charge >= 0.3 is 0 Å². The van der Waals surface area contributed by atoms with E-state index in [0.717, 1.165) is 18.7 Å². The molecule has 5 nitrogen and oxygen atoms in total. The Bertz CT molecular complexity index is 654. The second-order valence-electron chi connectivity index (χ2n) is 5.51. The zero-order valence-electron chi connectivity index (χ0n) is 11.4. The number of hydrogen-bond donors (Lipinski definition) is 1. The van der Waals surface area contributed by atoms with Gasteiger partial charge in [-0.1, -0.05) is 6.07 Å². The minimum atomic E-state index is -3.00. The molecule has 2 heterocycles. The van der Waals surface area contributed by atoms with Crippen molar-refractivity contribution in [3.05, 3.63) is 29.3 Å². The van der Waals surface area contributed by atoms with Gasteiger partial charge in [0.1, 0.15) is 0 Å². The van der Waals surface area contributed by atoms with Gasteiger partial charge < -0.3 is 10.2 Å². The summed E-state index contributed by atoms with van der Waals surface area (Å²) in [5.74, 6) is 0.0395. The smallest absolute Gasteiger partial charge is 0.254 e. The largest absolute Gasteiger partial charge is 0.384 e. The molecular weight excluding hydrogens is 276 g/mol. The first kappa shape index (κ1) is 13.4. The van der Waals surface area contributed by atoms with Gasteiger partial charge in [-0.2, -0.15) is 0 Å². The Balaban J connectivity index is 1.82. The number of nitrogens with one attached hydrogen (secondary N) is 1. The molecule has 2 aliphatic heterocycles. The molecule has 0 saturated carbocycles. The highest BCUT2D eigenvalue weighted by atomic mass is 32.2. The van der Waals surface area contributed by atoms with Gasteiger partial charge in [-0.3, -0.25) is 4.79 Å². The summed E-state index contributed by atoms with van der Waals surface area (Å²) < 4.78 is 23.1. The molecule has 1 amide bonds. The molecule has 0 spiro atoms. The second kappa shape index (κ2) is 4.77. The summed E-state index contributed by atoms with van der Waals surface area (Å²) >= 11 is 0. The Morgan fingerprint density at radius 2 is 2.20 bits per heavy atom. The average Bonchev–Trinajstić information content (AvgIpc) is 2.84. The van der Waals surface area contributed by atoms with Gasteiger partial charge in [0, 0.05) is 30.4 Å². The van der Waals surface area contributed by atoms with Crippen molar-refractivity contribution in [2.75, 3.05) is 29.9 Å². The number of carbonyl (C=O) groups is 1. The first-order valence-corrected chi connectivity index (χ1v) is 8.66. The summed E-state index contributed by atoms with van der Waals surface area (Å²) in [4.78, 5) is 14.2. The first-order valence-electron chi connectivity index (χ1n) is 6.84. The molecule has 1 atom stereocenters. The monoisotopic (exact) mass is 294 g/mol. The van der Waals surface area contributed by atoms with E-state index in [0.29, 0.717) is 5.56 Å². The number of nitrogens with zero attached hydrogens (tertiary/aromatic N) is 1. The van der Waals surface area contributed by atoms with Gasteiger partial charge in [0.25, 0.3) is 5.91 Å². The molecule has 108 valence electrons. The van der Waals surface area contributed by atoms with Crippen molar-refractivity contribution in [3.63, 3.8) is 0 Å². The Labute approximate surface area is 118 Å². The lowest BCUT2D eigenvalue weighted by Crippen LogP contribution is -2.49. The Hall–Kier alpha value is -1.56. The van der Waals surface area contributed by atoms with Crippen LogP contribution >= 0.6 is 0 Å². The molecule has 1 saturated heterocycles. The van der Waals surface area contributed by atoms with Crippen LogP contribution in [-0.2, 0) is 16.3 Å². The van der Waals surface area contributed by atoms with Gasteiger partial charge in [0.2, 0.25) is 0 Å². The summed E-state index contributed by atoms with van der Waals surface area (Å²) in [6.45, 7) is 2.98. The van der Waals surface area contributed by atoms with Crippen LogP contribution in [0.25, 0.3) is 0 Å². The highest BCUT2D eigenvalue weighted by Gasteiger charge is 2.31. The van der Waals surface area contributed by atoms with Gasteiger partial charge in [-0.15, -0.1) is 0 Å². The standard InChI is InChI=1S/C14H18N2O3S/c1-10-9-20(18,19)7-6-16(10)14(17)12-3-2-11-4-5-15-13(11)8-12/h2-3,8,10,15H,4-7,9H2,1H3. The average molecular weight is 294 g/mol. The summed E-state index contributed by atoms with van der Waals surface area (Å²) in [5, 5.41) is 3.26. The van der Waals surface area contributed by atoms with E-state index < -0.39 is 9.84 Å². The predicted octanol–water partition coefficient (Wildman–Crippen LogP) is 0.914. The van der Waals surface area contributed by atoms with Crippen molar-refractivity contribution >= 4 is 21.4 Å². The summed E-state index contributed by atoms with van der Waals surface area (Å²) in [6, 6.07) is 5.43. The number of benzene rings is 1. The van der Waals surface area contributed by atoms with Gasteiger partial charge in [0.05, 0.1) is 11.5 Å². The number of rotatable bonds is 1. The van der Waals surface area contributed by atoms with E-state index in [-0.39, 0.29) is 30.0 Å². The zero-order chi connectivity index (χ0) is 14.3. The number of fused-ring (bicyclic) bond motifs is 1. The van der Waals surface area contributed by atoms with Crippen LogP contribution in [0.3, 0.4) is 0 Å². The molecular formula is C14H18N2O3S. The molecule has 3 rings (SSSR count). The van der Waals surface area contributed by atoms with E-state index in [9.17, 15) is 13.2 Å². The fourth-order valence-electron chi connectivity index (χ4n) is 2.89. The van der Waals surface area contributed by atoms with E-state index in [2.05, 4.69) is 5.32 Å². The molecule has 1 fully saturated rings. The first-order chi connectivity index (χ1) is 9.46. The highest BCUT2D eigenvalue weighted by Crippen LogP contribution is 2.25. The number of anilines is 1. The molecule has 2 aliphatic rings. The number of sulfone groups is 1. The van der Waals surface area contributed by atoms with Crippen LogP contribution in [0.5, 0.6) is 0 Å². The molecule has 1 N–H and O–H groups in total. The molecule has 0 bridgehead atoms. The highest BCUT2D eigenvalue weighted by molar-refractivity contribution is 7.91. The van der Waals surface area contributed by atoms with E-state index in [1.165, 1.54) is 5.56 Å². The fraction of sp³-hybridized carbons (Fsp3) is 0.500. The summed E-state index contributed by atoms with van der Waals surface area (Å²) in [5.41, 5.74) is 2.88. The maximum Gasteiger partial charge on any atom is 0.254 e. The quantitative estimate of drug-likeness (QED) is 0.836. The number of carbonyl (C=O) groups excluding carboxylic acids is 1. The molecule has 1 aromatic rings.